The van der Waals surface area contributed by atoms with Gasteiger partial charge in [-0.05, 0) is 43.6 Å². The van der Waals surface area contributed by atoms with Crippen LogP contribution < -0.4 is 14.8 Å². The van der Waals surface area contributed by atoms with Gasteiger partial charge in [-0.15, -0.1) is 0 Å². The van der Waals surface area contributed by atoms with Crippen molar-refractivity contribution >= 4 is 26.0 Å². The number of halogens is 1. The van der Waals surface area contributed by atoms with Crippen molar-refractivity contribution in [2.75, 3.05) is 20.2 Å². The summed E-state index contributed by atoms with van der Waals surface area (Å²) in [5, 5.41) is 3.25. The van der Waals surface area contributed by atoms with E-state index in [1.807, 2.05) is 6.92 Å². The van der Waals surface area contributed by atoms with Gasteiger partial charge in [0.15, 0.2) is 0 Å². The summed E-state index contributed by atoms with van der Waals surface area (Å²) in [7, 11) is -2.12. The van der Waals surface area contributed by atoms with Crippen LogP contribution in [0.1, 0.15) is 13.3 Å². The Hall–Kier alpha value is -0.630. The fourth-order valence-electron chi connectivity index (χ4n) is 2.31. The Morgan fingerprint density at radius 3 is 2.85 bits per heavy atom. The third kappa shape index (κ3) is 3.52. The van der Waals surface area contributed by atoms with Gasteiger partial charge in [-0.25, -0.2) is 13.1 Å². The molecular formula is C13H19BrN2O3S. The predicted molar refractivity (Wildman–Crippen MR) is 81.5 cm³/mol. The second-order valence-electron chi connectivity index (χ2n) is 4.99. The van der Waals surface area contributed by atoms with Gasteiger partial charge in [-0.3, -0.25) is 0 Å². The number of hydrogen-bond acceptors (Lipinski definition) is 4. The first-order valence-corrected chi connectivity index (χ1v) is 8.78. The van der Waals surface area contributed by atoms with Crippen LogP contribution in [0, 0.1) is 5.92 Å². The molecule has 1 aromatic carbocycles. The molecule has 1 aliphatic rings. The molecule has 20 heavy (non-hydrogen) atoms. The highest BCUT2D eigenvalue weighted by Crippen LogP contribution is 2.28. The molecule has 1 saturated heterocycles. The van der Waals surface area contributed by atoms with E-state index >= 15 is 0 Å². The molecule has 0 amide bonds. The van der Waals surface area contributed by atoms with E-state index in [1.165, 1.54) is 7.11 Å². The van der Waals surface area contributed by atoms with Gasteiger partial charge in [0.1, 0.15) is 10.6 Å². The van der Waals surface area contributed by atoms with Gasteiger partial charge in [0, 0.05) is 10.5 Å². The number of methoxy groups -OCH3 is 1. The molecule has 7 heteroatoms. The molecule has 1 heterocycles. The third-order valence-corrected chi connectivity index (χ3v) is 5.51. The van der Waals surface area contributed by atoms with Crippen molar-refractivity contribution < 1.29 is 13.2 Å². The van der Waals surface area contributed by atoms with E-state index < -0.39 is 10.0 Å². The quantitative estimate of drug-likeness (QED) is 0.855. The summed E-state index contributed by atoms with van der Waals surface area (Å²) in [6.07, 6.45) is 0.788. The number of rotatable bonds is 4. The Morgan fingerprint density at radius 2 is 2.20 bits per heavy atom. The number of sulfonamides is 1. The average molecular weight is 363 g/mol. The maximum absolute atomic E-state index is 12.5. The number of nitrogens with one attached hydrogen (secondary N) is 2. The minimum Gasteiger partial charge on any atom is -0.495 e. The highest BCUT2D eigenvalue weighted by molar-refractivity contribution is 9.10. The summed E-state index contributed by atoms with van der Waals surface area (Å²) in [6, 6.07) is 4.91. The van der Waals surface area contributed by atoms with E-state index in [9.17, 15) is 8.42 Å². The molecule has 1 aliphatic heterocycles. The molecule has 2 rings (SSSR count). The van der Waals surface area contributed by atoms with Gasteiger partial charge >= 0.3 is 0 Å². The number of piperidine rings is 1. The van der Waals surface area contributed by atoms with Crippen molar-refractivity contribution in [1.29, 1.82) is 0 Å². The lowest BCUT2D eigenvalue weighted by Crippen LogP contribution is -2.48. The fraction of sp³-hybridized carbons (Fsp3) is 0.538. The van der Waals surface area contributed by atoms with Crippen LogP contribution in [-0.2, 0) is 10.0 Å². The first kappa shape index (κ1) is 15.8. The van der Waals surface area contributed by atoms with Crippen molar-refractivity contribution in [3.8, 4) is 5.75 Å². The van der Waals surface area contributed by atoms with Crippen molar-refractivity contribution in [1.82, 2.24) is 10.0 Å². The van der Waals surface area contributed by atoms with Crippen molar-refractivity contribution in [3.63, 3.8) is 0 Å². The Kier molecular flexibility index (Phi) is 5.06. The van der Waals surface area contributed by atoms with Crippen LogP contribution in [0.15, 0.2) is 27.6 Å². The summed E-state index contributed by atoms with van der Waals surface area (Å²) in [5.74, 6) is 0.610. The first-order valence-electron chi connectivity index (χ1n) is 6.50. The average Bonchev–Trinajstić information content (AvgIpc) is 2.41. The van der Waals surface area contributed by atoms with Gasteiger partial charge < -0.3 is 10.1 Å². The van der Waals surface area contributed by atoms with Crippen LogP contribution in [0.4, 0.5) is 0 Å². The van der Waals surface area contributed by atoms with Gasteiger partial charge in [-0.2, -0.15) is 0 Å². The zero-order valence-electron chi connectivity index (χ0n) is 11.5. The van der Waals surface area contributed by atoms with E-state index in [-0.39, 0.29) is 16.9 Å². The van der Waals surface area contributed by atoms with Gasteiger partial charge in [-0.1, -0.05) is 22.9 Å². The van der Waals surface area contributed by atoms with E-state index in [2.05, 4.69) is 26.0 Å². The Bertz CT molecular complexity index is 577. The summed E-state index contributed by atoms with van der Waals surface area (Å²) < 4.78 is 33.7. The number of hydrogen-bond donors (Lipinski definition) is 2. The maximum Gasteiger partial charge on any atom is 0.244 e. The molecule has 2 N–H and O–H groups in total. The van der Waals surface area contributed by atoms with Crippen molar-refractivity contribution in [3.05, 3.63) is 22.7 Å². The molecule has 1 aromatic rings. The monoisotopic (exact) mass is 362 g/mol. The molecule has 0 radical (unpaired) electrons. The smallest absolute Gasteiger partial charge is 0.244 e. The predicted octanol–water partition coefficient (Wildman–Crippen LogP) is 1.73. The topological polar surface area (TPSA) is 67.4 Å². The van der Waals surface area contributed by atoms with Gasteiger partial charge in [0.2, 0.25) is 10.0 Å². The highest BCUT2D eigenvalue weighted by atomic mass is 79.9. The molecule has 2 unspecified atom stereocenters. The molecule has 1 fully saturated rings. The molecular weight excluding hydrogens is 344 g/mol. The SMILES string of the molecule is COc1ccc(Br)cc1S(=O)(=O)NC1CCNCC1C. The molecule has 0 bridgehead atoms. The van der Waals surface area contributed by atoms with Crippen LogP contribution >= 0.6 is 15.9 Å². The summed E-state index contributed by atoms with van der Waals surface area (Å²) in [5.41, 5.74) is 0. The van der Waals surface area contributed by atoms with Crippen molar-refractivity contribution in [2.45, 2.75) is 24.3 Å². The van der Waals surface area contributed by atoms with Gasteiger partial charge in [0.05, 0.1) is 7.11 Å². The Morgan fingerprint density at radius 1 is 1.45 bits per heavy atom. The van der Waals surface area contributed by atoms with Crippen LogP contribution in [0.25, 0.3) is 0 Å². The molecule has 5 nitrogen and oxygen atoms in total. The summed E-state index contributed by atoms with van der Waals surface area (Å²) >= 11 is 3.30. The first-order chi connectivity index (χ1) is 9.44. The lowest BCUT2D eigenvalue weighted by atomic mass is 9.97. The molecule has 112 valence electrons. The second kappa shape index (κ2) is 6.43. The molecule has 0 aliphatic carbocycles. The number of ether oxygens (including phenoxy) is 1. The molecule has 0 spiro atoms. The lowest BCUT2D eigenvalue weighted by Gasteiger charge is -2.30. The Labute approximate surface area is 128 Å². The van der Waals surface area contributed by atoms with E-state index in [0.717, 1.165) is 19.5 Å². The lowest BCUT2D eigenvalue weighted by molar-refractivity contribution is 0.327. The largest absolute Gasteiger partial charge is 0.495 e. The highest BCUT2D eigenvalue weighted by Gasteiger charge is 2.28. The molecule has 0 aromatic heterocycles. The van der Waals surface area contributed by atoms with E-state index in [1.54, 1.807) is 18.2 Å². The van der Waals surface area contributed by atoms with E-state index in [0.29, 0.717) is 10.2 Å². The van der Waals surface area contributed by atoms with E-state index in [4.69, 9.17) is 4.74 Å². The van der Waals surface area contributed by atoms with Crippen LogP contribution in [0.2, 0.25) is 0 Å². The van der Waals surface area contributed by atoms with Crippen LogP contribution in [0.3, 0.4) is 0 Å². The van der Waals surface area contributed by atoms with Crippen molar-refractivity contribution in [2.24, 2.45) is 5.92 Å². The zero-order valence-corrected chi connectivity index (χ0v) is 13.9. The number of benzene rings is 1. The summed E-state index contributed by atoms with van der Waals surface area (Å²) in [6.45, 7) is 3.69. The van der Waals surface area contributed by atoms with Crippen LogP contribution in [-0.4, -0.2) is 34.7 Å². The minimum absolute atomic E-state index is 0.0510. The maximum atomic E-state index is 12.5. The standard InChI is InChI=1S/C13H19BrN2O3S/c1-9-8-15-6-5-11(9)16-20(17,18)13-7-10(14)3-4-12(13)19-2/h3-4,7,9,11,15-16H,5-6,8H2,1-2H3. The Balaban J connectivity index is 2.28. The minimum atomic E-state index is -3.59. The molecule has 2 atom stereocenters. The van der Waals surface area contributed by atoms with Crippen LogP contribution in [0.5, 0.6) is 5.75 Å². The van der Waals surface area contributed by atoms with Gasteiger partial charge in [0.25, 0.3) is 0 Å². The fourth-order valence-corrected chi connectivity index (χ4v) is 4.40. The summed E-state index contributed by atoms with van der Waals surface area (Å²) in [4.78, 5) is 0.167. The zero-order chi connectivity index (χ0) is 14.8. The molecule has 0 saturated carbocycles. The normalized spacial score (nSPS) is 23.6. The third-order valence-electron chi connectivity index (χ3n) is 3.51. The second-order valence-corrected chi connectivity index (χ2v) is 7.59.